The fourth-order valence-electron chi connectivity index (χ4n) is 3.69. The number of nitrogens with one attached hydrogen (secondary N) is 1. The molecule has 1 saturated carbocycles. The molecule has 1 atom stereocenters. The van der Waals surface area contributed by atoms with Crippen LogP contribution in [0.4, 0.5) is 5.69 Å². The van der Waals surface area contributed by atoms with Crippen LogP contribution in [-0.2, 0) is 9.59 Å². The lowest BCUT2D eigenvalue weighted by molar-refractivity contribution is -0.127. The standard InChI is InChI=1S/C19H26N2O4/c1-24-15-8-9-16(17(11-15)25-2)21-12-13(10-18(21)22)19(23)20-14-6-4-3-5-7-14/h8-9,11,13-14H,3-7,10,12H2,1-2H3,(H,20,23). The molecule has 6 heteroatoms. The molecule has 2 aliphatic rings. The lowest BCUT2D eigenvalue weighted by atomic mass is 9.95. The van der Waals surface area contributed by atoms with Crippen molar-refractivity contribution in [2.24, 2.45) is 5.92 Å². The topological polar surface area (TPSA) is 67.9 Å². The molecule has 1 aromatic carbocycles. The number of rotatable bonds is 5. The molecule has 136 valence electrons. The molecule has 1 aliphatic heterocycles. The maximum atomic E-state index is 12.5. The number of benzene rings is 1. The zero-order chi connectivity index (χ0) is 17.8. The molecule has 25 heavy (non-hydrogen) atoms. The highest BCUT2D eigenvalue weighted by atomic mass is 16.5. The van der Waals surface area contributed by atoms with Gasteiger partial charge >= 0.3 is 0 Å². The predicted molar refractivity (Wildman–Crippen MR) is 95.0 cm³/mol. The molecule has 0 spiro atoms. The van der Waals surface area contributed by atoms with E-state index in [1.54, 1.807) is 37.3 Å². The SMILES string of the molecule is COc1ccc(N2CC(C(=O)NC3CCCCC3)CC2=O)c(OC)c1. The van der Waals surface area contributed by atoms with E-state index in [-0.39, 0.29) is 30.2 Å². The van der Waals surface area contributed by atoms with Gasteiger partial charge in [-0.05, 0) is 25.0 Å². The molecule has 0 radical (unpaired) electrons. The number of hydrogen-bond acceptors (Lipinski definition) is 4. The normalized spacial score (nSPS) is 21.3. The van der Waals surface area contributed by atoms with Crippen molar-refractivity contribution in [1.29, 1.82) is 0 Å². The number of hydrogen-bond donors (Lipinski definition) is 1. The summed E-state index contributed by atoms with van der Waals surface area (Å²) < 4.78 is 10.6. The number of amides is 2. The molecule has 0 bridgehead atoms. The highest BCUT2D eigenvalue weighted by Crippen LogP contribution is 2.35. The van der Waals surface area contributed by atoms with Crippen molar-refractivity contribution in [2.75, 3.05) is 25.7 Å². The molecule has 1 saturated heterocycles. The summed E-state index contributed by atoms with van der Waals surface area (Å²) in [6.45, 7) is 0.389. The summed E-state index contributed by atoms with van der Waals surface area (Å²) in [5.74, 6) is 0.878. The second-order valence-corrected chi connectivity index (χ2v) is 6.79. The van der Waals surface area contributed by atoms with Crippen molar-refractivity contribution in [3.63, 3.8) is 0 Å². The van der Waals surface area contributed by atoms with Crippen LogP contribution in [0, 0.1) is 5.92 Å². The minimum absolute atomic E-state index is 0.00442. The first kappa shape index (κ1) is 17.6. The van der Waals surface area contributed by atoms with E-state index in [0.29, 0.717) is 23.7 Å². The first-order valence-corrected chi connectivity index (χ1v) is 8.95. The van der Waals surface area contributed by atoms with Crippen molar-refractivity contribution in [1.82, 2.24) is 5.32 Å². The Morgan fingerprint density at radius 3 is 2.60 bits per heavy atom. The zero-order valence-electron chi connectivity index (χ0n) is 14.9. The number of carbonyl (C=O) groups excluding carboxylic acids is 2. The van der Waals surface area contributed by atoms with Crippen LogP contribution in [0.15, 0.2) is 18.2 Å². The van der Waals surface area contributed by atoms with Crippen molar-refractivity contribution in [3.8, 4) is 11.5 Å². The third-order valence-corrected chi connectivity index (χ3v) is 5.13. The zero-order valence-corrected chi connectivity index (χ0v) is 14.9. The van der Waals surface area contributed by atoms with Gasteiger partial charge in [-0.15, -0.1) is 0 Å². The van der Waals surface area contributed by atoms with Gasteiger partial charge in [0.1, 0.15) is 11.5 Å². The summed E-state index contributed by atoms with van der Waals surface area (Å²) in [6, 6.07) is 5.61. The first-order chi connectivity index (χ1) is 12.1. The van der Waals surface area contributed by atoms with Crippen molar-refractivity contribution in [3.05, 3.63) is 18.2 Å². The van der Waals surface area contributed by atoms with Gasteiger partial charge in [0, 0.05) is 25.1 Å². The maximum Gasteiger partial charge on any atom is 0.227 e. The van der Waals surface area contributed by atoms with Gasteiger partial charge in [0.15, 0.2) is 0 Å². The van der Waals surface area contributed by atoms with Gasteiger partial charge < -0.3 is 19.7 Å². The summed E-state index contributed by atoms with van der Waals surface area (Å²) in [7, 11) is 3.15. The highest BCUT2D eigenvalue weighted by Gasteiger charge is 2.37. The van der Waals surface area contributed by atoms with E-state index in [2.05, 4.69) is 5.32 Å². The molecule has 1 aliphatic carbocycles. The van der Waals surface area contributed by atoms with E-state index < -0.39 is 0 Å². The van der Waals surface area contributed by atoms with E-state index in [1.807, 2.05) is 0 Å². The van der Waals surface area contributed by atoms with Crippen LogP contribution in [-0.4, -0.2) is 38.6 Å². The van der Waals surface area contributed by atoms with Crippen LogP contribution in [0.3, 0.4) is 0 Å². The van der Waals surface area contributed by atoms with Crippen molar-refractivity contribution < 1.29 is 19.1 Å². The largest absolute Gasteiger partial charge is 0.497 e. The van der Waals surface area contributed by atoms with E-state index in [4.69, 9.17) is 9.47 Å². The minimum atomic E-state index is -0.304. The molecule has 0 aromatic heterocycles. The lowest BCUT2D eigenvalue weighted by Crippen LogP contribution is -2.40. The summed E-state index contributed by atoms with van der Waals surface area (Å²) in [5, 5.41) is 3.13. The Bertz CT molecular complexity index is 640. The Morgan fingerprint density at radius 2 is 1.92 bits per heavy atom. The molecule has 2 amide bonds. The third-order valence-electron chi connectivity index (χ3n) is 5.13. The summed E-state index contributed by atoms with van der Waals surface area (Å²) in [4.78, 5) is 26.7. The highest BCUT2D eigenvalue weighted by molar-refractivity contribution is 6.01. The van der Waals surface area contributed by atoms with E-state index >= 15 is 0 Å². The second kappa shape index (κ2) is 7.76. The quantitative estimate of drug-likeness (QED) is 0.889. The molecule has 1 heterocycles. The monoisotopic (exact) mass is 346 g/mol. The Kier molecular flexibility index (Phi) is 5.46. The molecule has 1 aromatic rings. The van der Waals surface area contributed by atoms with Crippen LogP contribution < -0.4 is 19.7 Å². The Labute approximate surface area is 148 Å². The molecule has 6 nitrogen and oxygen atoms in total. The average molecular weight is 346 g/mol. The van der Waals surface area contributed by atoms with Gasteiger partial charge in [0.2, 0.25) is 11.8 Å². The molecule has 2 fully saturated rings. The Balaban J connectivity index is 1.68. The first-order valence-electron chi connectivity index (χ1n) is 8.95. The molecular weight excluding hydrogens is 320 g/mol. The average Bonchev–Trinajstić information content (AvgIpc) is 3.03. The van der Waals surface area contributed by atoms with E-state index in [1.165, 1.54) is 19.3 Å². The van der Waals surface area contributed by atoms with Crippen molar-refractivity contribution >= 4 is 17.5 Å². The summed E-state index contributed by atoms with van der Waals surface area (Å²) >= 11 is 0. The van der Waals surface area contributed by atoms with Crippen LogP contribution in [0.5, 0.6) is 11.5 Å². The van der Waals surface area contributed by atoms with Gasteiger partial charge in [0.05, 0.1) is 25.8 Å². The fourth-order valence-corrected chi connectivity index (χ4v) is 3.69. The Morgan fingerprint density at radius 1 is 1.16 bits per heavy atom. The second-order valence-electron chi connectivity index (χ2n) is 6.79. The number of anilines is 1. The molecule has 1 N–H and O–H groups in total. The number of methoxy groups -OCH3 is 2. The number of ether oxygens (including phenoxy) is 2. The van der Waals surface area contributed by atoms with Gasteiger partial charge in [-0.3, -0.25) is 9.59 Å². The number of nitrogens with zero attached hydrogens (tertiary/aromatic N) is 1. The van der Waals surface area contributed by atoms with Gasteiger partial charge in [-0.1, -0.05) is 19.3 Å². The van der Waals surface area contributed by atoms with Gasteiger partial charge in [-0.25, -0.2) is 0 Å². The maximum absolute atomic E-state index is 12.5. The van der Waals surface area contributed by atoms with Crippen molar-refractivity contribution in [2.45, 2.75) is 44.6 Å². The van der Waals surface area contributed by atoms with Crippen LogP contribution in [0.25, 0.3) is 0 Å². The van der Waals surface area contributed by atoms with Crippen LogP contribution in [0.2, 0.25) is 0 Å². The predicted octanol–water partition coefficient (Wildman–Crippen LogP) is 2.51. The molecular formula is C19H26N2O4. The molecule has 1 unspecified atom stereocenters. The van der Waals surface area contributed by atoms with E-state index in [9.17, 15) is 9.59 Å². The fraction of sp³-hybridized carbons (Fsp3) is 0.579. The van der Waals surface area contributed by atoms with Gasteiger partial charge in [-0.2, -0.15) is 0 Å². The van der Waals surface area contributed by atoms with Crippen LogP contribution >= 0.6 is 0 Å². The molecule has 3 rings (SSSR count). The number of carbonyl (C=O) groups is 2. The lowest BCUT2D eigenvalue weighted by Gasteiger charge is -2.24. The summed E-state index contributed by atoms with van der Waals surface area (Å²) in [5.41, 5.74) is 0.682. The smallest absolute Gasteiger partial charge is 0.227 e. The third kappa shape index (κ3) is 3.89. The minimum Gasteiger partial charge on any atom is -0.497 e. The summed E-state index contributed by atoms with van der Waals surface area (Å²) in [6.07, 6.45) is 5.92. The van der Waals surface area contributed by atoms with Crippen LogP contribution in [0.1, 0.15) is 38.5 Å². The van der Waals surface area contributed by atoms with E-state index in [0.717, 1.165) is 12.8 Å². The Hall–Kier alpha value is -2.24. The van der Waals surface area contributed by atoms with Gasteiger partial charge in [0.25, 0.3) is 0 Å².